The minimum absolute atomic E-state index is 0.00580. The molecule has 0 heterocycles. The molecule has 0 spiro atoms. The molecule has 27 heavy (non-hydrogen) atoms. The maximum absolute atomic E-state index is 12.5. The van der Waals surface area contributed by atoms with Gasteiger partial charge in [0.25, 0.3) is 0 Å². The third kappa shape index (κ3) is 5.33. The number of hydrogen-bond acceptors (Lipinski definition) is 4. The second-order valence-corrected chi connectivity index (χ2v) is 7.65. The first-order valence-corrected chi connectivity index (χ1v) is 8.98. The predicted molar refractivity (Wildman–Crippen MR) is 110 cm³/mol. The molecular formula is C22H28N2O3. The highest BCUT2D eigenvalue weighted by atomic mass is 16.5. The maximum atomic E-state index is 12.5. The van der Waals surface area contributed by atoms with Gasteiger partial charge in [0, 0.05) is 11.3 Å². The van der Waals surface area contributed by atoms with Crippen molar-refractivity contribution in [3.8, 4) is 5.75 Å². The number of benzene rings is 2. The minimum Gasteiger partial charge on any atom is -0.495 e. The highest BCUT2D eigenvalue weighted by molar-refractivity contribution is 5.98. The summed E-state index contributed by atoms with van der Waals surface area (Å²) in [7, 11) is 1.61. The number of rotatable bonds is 6. The highest BCUT2D eigenvalue weighted by Gasteiger charge is 2.19. The first-order valence-electron chi connectivity index (χ1n) is 8.98. The van der Waals surface area contributed by atoms with Gasteiger partial charge in [0.2, 0.25) is 5.91 Å². The van der Waals surface area contributed by atoms with Gasteiger partial charge >= 0.3 is 0 Å². The SMILES string of the molecule is COc1ccc(C(C)(C)C)cc1N[C@@H](C)C(=O)Nc1ccc(C(C)=O)cc1. The quantitative estimate of drug-likeness (QED) is 0.729. The van der Waals surface area contributed by atoms with Crippen LogP contribution < -0.4 is 15.4 Å². The molecule has 1 amide bonds. The monoisotopic (exact) mass is 368 g/mol. The molecular weight excluding hydrogens is 340 g/mol. The molecule has 144 valence electrons. The van der Waals surface area contributed by atoms with Crippen LogP contribution in [-0.2, 0) is 10.2 Å². The summed E-state index contributed by atoms with van der Waals surface area (Å²) in [5, 5.41) is 6.09. The number of hydrogen-bond donors (Lipinski definition) is 2. The standard InChI is InChI=1S/C22H28N2O3/c1-14(21(26)24-18-10-7-16(8-11-18)15(2)25)23-19-13-17(22(3,4)5)9-12-20(19)27-6/h7-14,23H,1-6H3,(H,24,26)/t14-/m0/s1. The summed E-state index contributed by atoms with van der Waals surface area (Å²) in [6, 6.07) is 12.3. The molecule has 0 unspecified atom stereocenters. The lowest BCUT2D eigenvalue weighted by molar-refractivity contribution is -0.116. The van der Waals surface area contributed by atoms with Crippen molar-refractivity contribution in [1.82, 2.24) is 0 Å². The second-order valence-electron chi connectivity index (χ2n) is 7.65. The third-order valence-electron chi connectivity index (χ3n) is 4.39. The number of carbonyl (C=O) groups is 2. The average Bonchev–Trinajstić information content (AvgIpc) is 2.61. The van der Waals surface area contributed by atoms with Crippen molar-refractivity contribution in [1.29, 1.82) is 0 Å². The number of amides is 1. The van der Waals surface area contributed by atoms with Crippen molar-refractivity contribution in [2.75, 3.05) is 17.7 Å². The highest BCUT2D eigenvalue weighted by Crippen LogP contribution is 2.31. The molecule has 0 aliphatic carbocycles. The van der Waals surface area contributed by atoms with E-state index in [2.05, 4.69) is 31.4 Å². The Morgan fingerprint density at radius 3 is 2.19 bits per heavy atom. The van der Waals surface area contributed by atoms with E-state index in [-0.39, 0.29) is 17.1 Å². The molecule has 2 aromatic carbocycles. The predicted octanol–water partition coefficient (Wildman–Crippen LogP) is 4.63. The van der Waals surface area contributed by atoms with E-state index >= 15 is 0 Å². The number of nitrogens with one attached hydrogen (secondary N) is 2. The van der Waals surface area contributed by atoms with Crippen LogP contribution in [0.2, 0.25) is 0 Å². The van der Waals surface area contributed by atoms with E-state index in [1.807, 2.05) is 18.2 Å². The van der Waals surface area contributed by atoms with E-state index in [0.717, 1.165) is 11.3 Å². The first-order chi connectivity index (χ1) is 12.6. The van der Waals surface area contributed by atoms with Crippen molar-refractivity contribution < 1.29 is 14.3 Å². The van der Waals surface area contributed by atoms with Crippen molar-refractivity contribution in [2.45, 2.75) is 46.1 Å². The topological polar surface area (TPSA) is 67.4 Å². The van der Waals surface area contributed by atoms with Crippen LogP contribution >= 0.6 is 0 Å². The summed E-state index contributed by atoms with van der Waals surface area (Å²) < 4.78 is 5.42. The van der Waals surface area contributed by atoms with Gasteiger partial charge in [-0.05, 0) is 61.2 Å². The van der Waals surface area contributed by atoms with Gasteiger partial charge in [0.05, 0.1) is 12.8 Å². The second kappa shape index (κ2) is 8.25. The molecule has 0 fully saturated rings. The molecule has 1 atom stereocenters. The number of anilines is 2. The number of methoxy groups -OCH3 is 1. The van der Waals surface area contributed by atoms with E-state index in [9.17, 15) is 9.59 Å². The number of Topliss-reactive ketones (excluding diaryl/α,β-unsaturated/α-hetero) is 1. The Kier molecular flexibility index (Phi) is 6.26. The van der Waals surface area contributed by atoms with Crippen molar-refractivity contribution >= 4 is 23.1 Å². The summed E-state index contributed by atoms with van der Waals surface area (Å²) in [6.45, 7) is 9.72. The summed E-state index contributed by atoms with van der Waals surface area (Å²) in [5.74, 6) is 0.510. The lowest BCUT2D eigenvalue weighted by Crippen LogP contribution is -2.32. The van der Waals surface area contributed by atoms with Crippen LogP contribution in [0.1, 0.15) is 50.5 Å². The van der Waals surface area contributed by atoms with Crippen LogP contribution in [0.25, 0.3) is 0 Å². The van der Waals surface area contributed by atoms with Gasteiger partial charge < -0.3 is 15.4 Å². The molecule has 0 bridgehead atoms. The molecule has 5 heteroatoms. The molecule has 2 aromatic rings. The van der Waals surface area contributed by atoms with E-state index in [0.29, 0.717) is 17.0 Å². The summed E-state index contributed by atoms with van der Waals surface area (Å²) in [4.78, 5) is 23.9. The van der Waals surface area contributed by atoms with Gasteiger partial charge in [-0.3, -0.25) is 9.59 Å². The van der Waals surface area contributed by atoms with Gasteiger partial charge in [-0.1, -0.05) is 26.8 Å². The lowest BCUT2D eigenvalue weighted by Gasteiger charge is -2.23. The van der Waals surface area contributed by atoms with Gasteiger partial charge in [-0.25, -0.2) is 0 Å². The fourth-order valence-electron chi connectivity index (χ4n) is 2.62. The number of ether oxygens (including phenoxy) is 1. The van der Waals surface area contributed by atoms with Gasteiger partial charge in [0.15, 0.2) is 5.78 Å². The molecule has 5 nitrogen and oxygen atoms in total. The lowest BCUT2D eigenvalue weighted by atomic mass is 9.86. The summed E-state index contributed by atoms with van der Waals surface area (Å²) in [5.41, 5.74) is 3.18. The van der Waals surface area contributed by atoms with Gasteiger partial charge in [-0.2, -0.15) is 0 Å². The Bertz CT molecular complexity index is 820. The van der Waals surface area contributed by atoms with E-state index < -0.39 is 6.04 Å². The van der Waals surface area contributed by atoms with Crippen LogP contribution in [0.3, 0.4) is 0 Å². The van der Waals surface area contributed by atoms with E-state index in [1.54, 1.807) is 38.3 Å². The molecule has 0 saturated heterocycles. The fourth-order valence-corrected chi connectivity index (χ4v) is 2.62. The normalized spacial score (nSPS) is 12.2. The summed E-state index contributed by atoms with van der Waals surface area (Å²) >= 11 is 0. The largest absolute Gasteiger partial charge is 0.495 e. The molecule has 0 radical (unpaired) electrons. The molecule has 0 aliphatic rings. The Hall–Kier alpha value is -2.82. The van der Waals surface area contributed by atoms with Crippen molar-refractivity contribution in [3.63, 3.8) is 0 Å². The van der Waals surface area contributed by atoms with E-state index in [4.69, 9.17) is 4.74 Å². The Labute approximate surface area is 161 Å². The van der Waals surface area contributed by atoms with Crippen molar-refractivity contribution in [3.05, 3.63) is 53.6 Å². The van der Waals surface area contributed by atoms with Gasteiger partial charge in [-0.15, -0.1) is 0 Å². The summed E-state index contributed by atoms with van der Waals surface area (Å²) in [6.07, 6.45) is 0. The maximum Gasteiger partial charge on any atom is 0.246 e. The molecule has 2 rings (SSSR count). The Morgan fingerprint density at radius 1 is 1.04 bits per heavy atom. The van der Waals surface area contributed by atoms with Gasteiger partial charge in [0.1, 0.15) is 11.8 Å². The zero-order chi connectivity index (χ0) is 20.2. The van der Waals surface area contributed by atoms with Crippen LogP contribution in [-0.4, -0.2) is 24.8 Å². The number of carbonyl (C=O) groups excluding carboxylic acids is 2. The first kappa shape index (κ1) is 20.5. The smallest absolute Gasteiger partial charge is 0.246 e. The molecule has 0 saturated carbocycles. The van der Waals surface area contributed by atoms with Crippen LogP contribution in [0.15, 0.2) is 42.5 Å². The Morgan fingerprint density at radius 2 is 1.67 bits per heavy atom. The molecule has 0 aliphatic heterocycles. The molecule has 0 aromatic heterocycles. The van der Waals surface area contributed by atoms with Crippen LogP contribution in [0, 0.1) is 0 Å². The zero-order valence-electron chi connectivity index (χ0n) is 16.8. The Balaban J connectivity index is 2.12. The van der Waals surface area contributed by atoms with Crippen LogP contribution in [0.5, 0.6) is 5.75 Å². The van der Waals surface area contributed by atoms with Crippen molar-refractivity contribution in [2.24, 2.45) is 0 Å². The fraction of sp³-hybridized carbons (Fsp3) is 0.364. The minimum atomic E-state index is -0.471. The molecule has 2 N–H and O–H groups in total. The van der Waals surface area contributed by atoms with E-state index in [1.165, 1.54) is 6.92 Å². The third-order valence-corrected chi connectivity index (χ3v) is 4.39. The zero-order valence-corrected chi connectivity index (χ0v) is 16.8. The number of ketones is 1. The average molecular weight is 368 g/mol. The van der Waals surface area contributed by atoms with Crippen LogP contribution in [0.4, 0.5) is 11.4 Å².